The molecule has 94 valence electrons. The van der Waals surface area contributed by atoms with Crippen LogP contribution in [0.3, 0.4) is 0 Å². The molecule has 0 atom stereocenters. The van der Waals surface area contributed by atoms with Crippen molar-refractivity contribution in [2.24, 2.45) is 0 Å². The Kier molecular flexibility index (Phi) is 3.28. The molecule has 0 aliphatic heterocycles. The van der Waals surface area contributed by atoms with Crippen molar-refractivity contribution in [3.05, 3.63) is 58.5 Å². The molecule has 0 fully saturated rings. The van der Waals surface area contributed by atoms with E-state index in [4.69, 9.17) is 4.42 Å². The second-order valence-electron chi connectivity index (χ2n) is 4.16. The molecule has 0 aliphatic carbocycles. The number of benzene rings is 1. The molecule has 2 nitrogen and oxygen atoms in total. The molecule has 2 aromatic rings. The van der Waals surface area contributed by atoms with Gasteiger partial charge in [-0.2, -0.15) is 0 Å². The summed E-state index contributed by atoms with van der Waals surface area (Å²) < 4.78 is 31.4. The molecule has 0 radical (unpaired) electrons. The molecular formula is C14H12F2O2. The number of hydrogen-bond acceptors (Lipinski definition) is 2. The zero-order valence-electron chi connectivity index (χ0n) is 10.1. The van der Waals surface area contributed by atoms with E-state index >= 15 is 0 Å². The van der Waals surface area contributed by atoms with Gasteiger partial charge in [-0.3, -0.25) is 4.79 Å². The number of hydrogen-bond donors (Lipinski definition) is 0. The van der Waals surface area contributed by atoms with Gasteiger partial charge in [0, 0.05) is 12.5 Å². The van der Waals surface area contributed by atoms with Crippen LogP contribution in [0.5, 0.6) is 0 Å². The summed E-state index contributed by atoms with van der Waals surface area (Å²) in [6.45, 7) is 3.42. The van der Waals surface area contributed by atoms with Gasteiger partial charge >= 0.3 is 0 Å². The number of ketones is 1. The molecule has 4 heteroatoms. The summed E-state index contributed by atoms with van der Waals surface area (Å²) in [5.74, 6) is -0.453. The number of rotatable bonds is 3. The van der Waals surface area contributed by atoms with Crippen molar-refractivity contribution in [2.75, 3.05) is 0 Å². The van der Waals surface area contributed by atoms with Crippen LogP contribution in [0.4, 0.5) is 8.78 Å². The molecule has 0 saturated carbocycles. The van der Waals surface area contributed by atoms with E-state index in [2.05, 4.69) is 0 Å². The highest BCUT2D eigenvalue weighted by Crippen LogP contribution is 2.18. The van der Waals surface area contributed by atoms with Crippen LogP contribution in [0.15, 0.2) is 28.7 Å². The quantitative estimate of drug-likeness (QED) is 0.779. The largest absolute Gasteiger partial charge is 0.466 e. The first-order valence-electron chi connectivity index (χ1n) is 5.51. The summed E-state index contributed by atoms with van der Waals surface area (Å²) in [6.07, 6.45) is -0.105. The van der Waals surface area contributed by atoms with E-state index in [0.29, 0.717) is 17.1 Å². The summed E-state index contributed by atoms with van der Waals surface area (Å²) in [5.41, 5.74) is 0.621. The molecule has 1 aromatic carbocycles. The maximum atomic E-state index is 13.4. The molecule has 0 amide bonds. The van der Waals surface area contributed by atoms with Crippen molar-refractivity contribution in [3.63, 3.8) is 0 Å². The number of carbonyl (C=O) groups excluding carboxylic acids is 1. The Hall–Kier alpha value is -1.97. The van der Waals surface area contributed by atoms with E-state index in [9.17, 15) is 13.6 Å². The molecule has 2 rings (SSSR count). The highest BCUT2D eigenvalue weighted by molar-refractivity contribution is 5.98. The molecular weight excluding hydrogens is 238 g/mol. The van der Waals surface area contributed by atoms with Crippen molar-refractivity contribution in [2.45, 2.75) is 20.3 Å². The highest BCUT2D eigenvalue weighted by atomic mass is 19.1. The zero-order chi connectivity index (χ0) is 13.3. The van der Waals surface area contributed by atoms with Gasteiger partial charge in [0.25, 0.3) is 0 Å². The normalized spacial score (nSPS) is 10.7. The monoisotopic (exact) mass is 250 g/mol. The van der Waals surface area contributed by atoms with E-state index in [0.717, 1.165) is 12.1 Å². The molecule has 0 bridgehead atoms. The van der Waals surface area contributed by atoms with Crippen molar-refractivity contribution in [1.29, 1.82) is 0 Å². The molecule has 0 saturated heterocycles. The Morgan fingerprint density at radius 2 is 1.94 bits per heavy atom. The molecule has 0 unspecified atom stereocenters. The van der Waals surface area contributed by atoms with E-state index < -0.39 is 11.6 Å². The first-order valence-corrected chi connectivity index (χ1v) is 5.51. The minimum absolute atomic E-state index is 0.105. The first kappa shape index (κ1) is 12.5. The average molecular weight is 250 g/mol. The number of carbonyl (C=O) groups is 1. The van der Waals surface area contributed by atoms with E-state index in [1.54, 1.807) is 19.9 Å². The van der Waals surface area contributed by atoms with Gasteiger partial charge in [-0.05, 0) is 31.5 Å². The van der Waals surface area contributed by atoms with Crippen LogP contribution in [0.1, 0.15) is 27.4 Å². The second-order valence-corrected chi connectivity index (χ2v) is 4.16. The van der Waals surface area contributed by atoms with Crippen LogP contribution in [-0.4, -0.2) is 5.78 Å². The molecule has 1 heterocycles. The van der Waals surface area contributed by atoms with Gasteiger partial charge in [0.15, 0.2) is 5.78 Å². The van der Waals surface area contributed by atoms with Gasteiger partial charge in [0.1, 0.15) is 23.2 Å². The lowest BCUT2D eigenvalue weighted by Crippen LogP contribution is -2.05. The van der Waals surface area contributed by atoms with E-state index in [1.807, 2.05) is 0 Å². The Morgan fingerprint density at radius 3 is 2.50 bits per heavy atom. The predicted molar refractivity (Wildman–Crippen MR) is 62.6 cm³/mol. The smallest absolute Gasteiger partial charge is 0.170 e. The van der Waals surface area contributed by atoms with E-state index in [-0.39, 0.29) is 17.8 Å². The summed E-state index contributed by atoms with van der Waals surface area (Å²) in [7, 11) is 0. The lowest BCUT2D eigenvalue weighted by atomic mass is 10.0. The van der Waals surface area contributed by atoms with Crippen LogP contribution >= 0.6 is 0 Å². The third-order valence-corrected chi connectivity index (χ3v) is 2.71. The lowest BCUT2D eigenvalue weighted by molar-refractivity contribution is 0.0990. The Balaban J connectivity index is 2.24. The third-order valence-electron chi connectivity index (χ3n) is 2.71. The van der Waals surface area contributed by atoms with Crippen LogP contribution in [-0.2, 0) is 6.42 Å². The topological polar surface area (TPSA) is 30.2 Å². The Labute approximate surface area is 103 Å². The fourth-order valence-electron chi connectivity index (χ4n) is 1.84. The number of Topliss-reactive ketones (excluding diaryl/α,β-unsaturated/α-hetero) is 1. The molecule has 0 aliphatic rings. The highest BCUT2D eigenvalue weighted by Gasteiger charge is 2.16. The minimum atomic E-state index is -0.707. The zero-order valence-corrected chi connectivity index (χ0v) is 10.1. The standard InChI is InChI=1S/C14H12F2O2/c1-8-5-12(9(2)18-8)14(17)6-10-3-4-11(15)7-13(10)16/h3-5,7H,6H2,1-2H3. The Bertz CT molecular complexity index is 600. The van der Waals surface area contributed by atoms with Crippen LogP contribution < -0.4 is 0 Å². The van der Waals surface area contributed by atoms with Gasteiger partial charge in [0.2, 0.25) is 0 Å². The Morgan fingerprint density at radius 1 is 1.22 bits per heavy atom. The summed E-state index contributed by atoms with van der Waals surface area (Å²) >= 11 is 0. The van der Waals surface area contributed by atoms with Crippen molar-refractivity contribution in [3.8, 4) is 0 Å². The number of halogens is 2. The maximum absolute atomic E-state index is 13.4. The third kappa shape index (κ3) is 2.47. The maximum Gasteiger partial charge on any atom is 0.170 e. The summed E-state index contributed by atoms with van der Waals surface area (Å²) in [4.78, 5) is 12.0. The fourth-order valence-corrected chi connectivity index (χ4v) is 1.84. The first-order chi connectivity index (χ1) is 8.47. The van der Waals surface area contributed by atoms with Crippen molar-refractivity contribution >= 4 is 5.78 Å². The average Bonchev–Trinajstić information content (AvgIpc) is 2.62. The van der Waals surface area contributed by atoms with Crippen LogP contribution in [0.25, 0.3) is 0 Å². The summed E-state index contributed by atoms with van der Waals surface area (Å²) in [6, 6.07) is 4.82. The predicted octanol–water partition coefficient (Wildman–Crippen LogP) is 3.60. The lowest BCUT2D eigenvalue weighted by Gasteiger charge is -2.02. The van der Waals surface area contributed by atoms with E-state index in [1.165, 1.54) is 6.07 Å². The number of furan rings is 1. The fraction of sp³-hybridized carbons (Fsp3) is 0.214. The van der Waals surface area contributed by atoms with Crippen molar-refractivity contribution < 1.29 is 18.0 Å². The summed E-state index contributed by atoms with van der Waals surface area (Å²) in [5, 5.41) is 0. The SMILES string of the molecule is Cc1cc(C(=O)Cc2ccc(F)cc2F)c(C)o1. The van der Waals surface area contributed by atoms with Crippen LogP contribution in [0.2, 0.25) is 0 Å². The van der Waals surface area contributed by atoms with Gasteiger partial charge in [0.05, 0.1) is 5.56 Å². The van der Waals surface area contributed by atoms with Crippen LogP contribution in [0, 0.1) is 25.5 Å². The molecule has 18 heavy (non-hydrogen) atoms. The van der Waals surface area contributed by atoms with Gasteiger partial charge < -0.3 is 4.42 Å². The van der Waals surface area contributed by atoms with Gasteiger partial charge in [-0.15, -0.1) is 0 Å². The second kappa shape index (κ2) is 4.72. The molecule has 0 N–H and O–H groups in total. The van der Waals surface area contributed by atoms with Gasteiger partial charge in [-0.25, -0.2) is 8.78 Å². The van der Waals surface area contributed by atoms with Gasteiger partial charge in [-0.1, -0.05) is 6.07 Å². The number of aryl methyl sites for hydroxylation is 2. The molecule has 1 aromatic heterocycles. The van der Waals surface area contributed by atoms with Crippen molar-refractivity contribution in [1.82, 2.24) is 0 Å². The minimum Gasteiger partial charge on any atom is -0.466 e. The molecule has 0 spiro atoms.